The Morgan fingerprint density at radius 1 is 1.30 bits per heavy atom. The van der Waals surface area contributed by atoms with Crippen LogP contribution in [0.4, 0.5) is 0 Å². The van der Waals surface area contributed by atoms with Crippen LogP contribution >= 0.6 is 0 Å². The molecule has 0 aliphatic carbocycles. The minimum Gasteiger partial charge on any atom is -0.503 e. The fourth-order valence-electron chi connectivity index (χ4n) is 3.42. The molecule has 0 spiro atoms. The molecule has 124 valence electrons. The Morgan fingerprint density at radius 2 is 2.04 bits per heavy atom. The van der Waals surface area contributed by atoms with Crippen molar-refractivity contribution in [1.29, 1.82) is 0 Å². The molecule has 1 N–H and O–H groups in total. The lowest BCUT2D eigenvalue weighted by atomic mass is 10.0. The highest BCUT2D eigenvalue weighted by Gasteiger charge is 2.43. The highest BCUT2D eigenvalue weighted by molar-refractivity contribution is 6.07. The number of carbonyl (C=O) groups is 2. The Morgan fingerprint density at radius 3 is 2.65 bits per heavy atom. The van der Waals surface area contributed by atoms with E-state index >= 15 is 0 Å². The fourth-order valence-corrected chi connectivity index (χ4v) is 3.42. The summed E-state index contributed by atoms with van der Waals surface area (Å²) in [6.07, 6.45) is 5.12. The molecular formula is C17H22N2O4. The summed E-state index contributed by atoms with van der Waals surface area (Å²) in [7, 11) is 0. The predicted octanol–water partition coefficient (Wildman–Crippen LogP) is 2.05. The Kier molecular flexibility index (Phi) is 4.52. The molecule has 1 unspecified atom stereocenters. The third kappa shape index (κ3) is 3.03. The van der Waals surface area contributed by atoms with E-state index in [4.69, 9.17) is 4.42 Å². The van der Waals surface area contributed by atoms with Gasteiger partial charge in [-0.05, 0) is 45.0 Å². The predicted molar refractivity (Wildman–Crippen MR) is 83.8 cm³/mol. The van der Waals surface area contributed by atoms with Gasteiger partial charge in [-0.25, -0.2) is 0 Å². The molecule has 2 aliphatic rings. The monoisotopic (exact) mass is 318 g/mol. The first-order valence-electron chi connectivity index (χ1n) is 8.10. The van der Waals surface area contributed by atoms with Crippen LogP contribution < -0.4 is 0 Å². The van der Waals surface area contributed by atoms with Crippen LogP contribution in [0.2, 0.25) is 0 Å². The summed E-state index contributed by atoms with van der Waals surface area (Å²) in [6, 6.07) is 2.82. The van der Waals surface area contributed by atoms with Crippen LogP contribution in [0.25, 0.3) is 0 Å². The maximum Gasteiger partial charge on any atom is 0.290 e. The van der Waals surface area contributed by atoms with Gasteiger partial charge in [0.1, 0.15) is 11.8 Å². The number of amides is 1. The number of piperidine rings is 1. The van der Waals surface area contributed by atoms with E-state index in [-0.39, 0.29) is 11.4 Å². The first kappa shape index (κ1) is 15.8. The number of furan rings is 1. The Labute approximate surface area is 135 Å². The molecular weight excluding hydrogens is 296 g/mol. The van der Waals surface area contributed by atoms with Gasteiger partial charge in [-0.3, -0.25) is 9.59 Å². The van der Waals surface area contributed by atoms with Crippen LogP contribution in [0, 0.1) is 0 Å². The van der Waals surface area contributed by atoms with E-state index in [2.05, 4.69) is 4.90 Å². The summed E-state index contributed by atoms with van der Waals surface area (Å²) in [5.74, 6) is -0.741. The summed E-state index contributed by atoms with van der Waals surface area (Å²) in [5.41, 5.74) is 0.128. The van der Waals surface area contributed by atoms with Gasteiger partial charge in [-0.2, -0.15) is 0 Å². The second kappa shape index (κ2) is 6.58. The van der Waals surface area contributed by atoms with Crippen LogP contribution in [0.3, 0.4) is 0 Å². The van der Waals surface area contributed by atoms with E-state index in [9.17, 15) is 14.7 Å². The normalized spacial score (nSPS) is 22.9. The van der Waals surface area contributed by atoms with E-state index < -0.39 is 17.7 Å². The molecule has 1 aromatic heterocycles. The van der Waals surface area contributed by atoms with Crippen molar-refractivity contribution in [2.45, 2.75) is 32.2 Å². The maximum absolute atomic E-state index is 12.4. The third-order valence-electron chi connectivity index (χ3n) is 4.60. The first-order chi connectivity index (χ1) is 11.1. The van der Waals surface area contributed by atoms with Gasteiger partial charge in [0.25, 0.3) is 5.91 Å². The molecule has 2 aliphatic heterocycles. The number of rotatable bonds is 5. The molecule has 1 saturated heterocycles. The van der Waals surface area contributed by atoms with Crippen molar-refractivity contribution in [2.24, 2.45) is 0 Å². The lowest BCUT2D eigenvalue weighted by Crippen LogP contribution is -2.40. The van der Waals surface area contributed by atoms with E-state index in [1.807, 2.05) is 0 Å². The molecule has 6 heteroatoms. The van der Waals surface area contributed by atoms with Crippen LogP contribution in [-0.4, -0.2) is 52.8 Å². The van der Waals surface area contributed by atoms with Crippen molar-refractivity contribution in [3.8, 4) is 0 Å². The minimum absolute atomic E-state index is 0.128. The Hall–Kier alpha value is -2.08. The van der Waals surface area contributed by atoms with Gasteiger partial charge in [0.05, 0.1) is 11.8 Å². The Balaban J connectivity index is 1.80. The zero-order valence-electron chi connectivity index (χ0n) is 13.3. The van der Waals surface area contributed by atoms with Gasteiger partial charge in [0.15, 0.2) is 11.5 Å². The smallest absolute Gasteiger partial charge is 0.290 e. The molecule has 3 rings (SSSR count). The lowest BCUT2D eigenvalue weighted by Gasteiger charge is -2.30. The average Bonchev–Trinajstić information content (AvgIpc) is 3.15. The SMILES string of the molecule is CC(=O)C1=C(O)C(=O)N(CCN2CCCCC2)C1c1ccco1. The number of hydrogen-bond donors (Lipinski definition) is 1. The molecule has 1 fully saturated rings. The number of Topliss-reactive ketones (excluding diaryl/α,β-unsaturated/α-hetero) is 1. The van der Waals surface area contributed by atoms with E-state index in [0.717, 1.165) is 19.6 Å². The van der Waals surface area contributed by atoms with Gasteiger partial charge in [-0.15, -0.1) is 0 Å². The van der Waals surface area contributed by atoms with Crippen LogP contribution in [0.15, 0.2) is 34.1 Å². The largest absolute Gasteiger partial charge is 0.503 e. The minimum atomic E-state index is -0.625. The Bertz CT molecular complexity index is 615. The summed E-state index contributed by atoms with van der Waals surface area (Å²) in [5, 5.41) is 10.1. The second-order valence-corrected chi connectivity index (χ2v) is 6.14. The number of hydrogen-bond acceptors (Lipinski definition) is 5. The fraction of sp³-hybridized carbons (Fsp3) is 0.529. The molecule has 6 nitrogen and oxygen atoms in total. The highest BCUT2D eigenvalue weighted by Crippen LogP contribution is 2.37. The zero-order chi connectivity index (χ0) is 16.4. The second-order valence-electron chi connectivity index (χ2n) is 6.14. The molecule has 1 atom stereocenters. The van der Waals surface area contributed by atoms with Gasteiger partial charge in [0, 0.05) is 13.1 Å². The summed E-state index contributed by atoms with van der Waals surface area (Å²) < 4.78 is 5.41. The zero-order valence-corrected chi connectivity index (χ0v) is 13.3. The number of ketones is 1. The van der Waals surface area contributed by atoms with E-state index in [0.29, 0.717) is 12.3 Å². The molecule has 0 aromatic carbocycles. The quantitative estimate of drug-likeness (QED) is 0.899. The van der Waals surface area contributed by atoms with Gasteiger partial charge < -0.3 is 19.3 Å². The first-order valence-corrected chi connectivity index (χ1v) is 8.10. The molecule has 0 radical (unpaired) electrons. The van der Waals surface area contributed by atoms with Crippen LogP contribution in [0.1, 0.15) is 38.0 Å². The molecule has 3 heterocycles. The van der Waals surface area contributed by atoms with Crippen LogP contribution in [-0.2, 0) is 9.59 Å². The summed E-state index contributed by atoms with van der Waals surface area (Å²) >= 11 is 0. The van der Waals surface area contributed by atoms with Gasteiger partial charge in [0.2, 0.25) is 0 Å². The number of aliphatic hydroxyl groups is 1. The maximum atomic E-state index is 12.4. The molecule has 23 heavy (non-hydrogen) atoms. The topological polar surface area (TPSA) is 74.0 Å². The molecule has 0 bridgehead atoms. The van der Waals surface area contributed by atoms with E-state index in [1.54, 1.807) is 17.0 Å². The van der Waals surface area contributed by atoms with Gasteiger partial charge >= 0.3 is 0 Å². The number of aliphatic hydroxyl groups excluding tert-OH is 1. The molecule has 1 aromatic rings. The van der Waals surface area contributed by atoms with Crippen molar-refractivity contribution >= 4 is 11.7 Å². The van der Waals surface area contributed by atoms with Crippen molar-refractivity contribution in [2.75, 3.05) is 26.2 Å². The number of likely N-dealkylation sites (tertiary alicyclic amines) is 1. The third-order valence-corrected chi connectivity index (χ3v) is 4.60. The highest BCUT2D eigenvalue weighted by atomic mass is 16.3. The van der Waals surface area contributed by atoms with E-state index in [1.165, 1.54) is 32.4 Å². The lowest BCUT2D eigenvalue weighted by molar-refractivity contribution is -0.129. The number of nitrogens with zero attached hydrogens (tertiary/aromatic N) is 2. The summed E-state index contributed by atoms with van der Waals surface area (Å²) in [6.45, 7) is 4.63. The standard InChI is InChI=1S/C17H22N2O4/c1-12(20)14-15(13-6-5-11-23-13)19(17(22)16(14)21)10-9-18-7-3-2-4-8-18/h5-6,11,15,21H,2-4,7-10H2,1H3. The van der Waals surface area contributed by atoms with Crippen molar-refractivity contribution in [1.82, 2.24) is 9.80 Å². The summed E-state index contributed by atoms with van der Waals surface area (Å²) in [4.78, 5) is 28.2. The molecule has 0 saturated carbocycles. The van der Waals surface area contributed by atoms with Crippen LogP contribution in [0.5, 0.6) is 0 Å². The van der Waals surface area contributed by atoms with Gasteiger partial charge in [-0.1, -0.05) is 6.42 Å². The number of carbonyl (C=O) groups excluding carboxylic acids is 2. The van der Waals surface area contributed by atoms with Crippen molar-refractivity contribution in [3.05, 3.63) is 35.5 Å². The molecule has 1 amide bonds. The average molecular weight is 318 g/mol. The van der Waals surface area contributed by atoms with Crippen molar-refractivity contribution in [3.63, 3.8) is 0 Å². The van der Waals surface area contributed by atoms with Crippen molar-refractivity contribution < 1.29 is 19.1 Å².